The lowest BCUT2D eigenvalue weighted by Crippen LogP contribution is -2.40. The van der Waals surface area contributed by atoms with Crippen molar-refractivity contribution in [1.29, 1.82) is 0 Å². The standard InChI is InChI=1S/C16H16BrN2OS2/c17-12-4-6-13(7-5-12)18-11-16(20,14-3-1-9-21-14)19-8-2-10-22-15(18)19/h1,3-7,9,20H,2,8,10-11H2/q+1/t16-/m1/s1. The summed E-state index contributed by atoms with van der Waals surface area (Å²) in [5.74, 6) is 1.11. The summed E-state index contributed by atoms with van der Waals surface area (Å²) in [5.41, 5.74) is 0.217. The minimum absolute atomic E-state index is 0.581. The number of β-amino-alcohol motifs (C(OH)–C–C–N with tert-alkyl or cyclic N) is 1. The molecule has 0 aliphatic carbocycles. The van der Waals surface area contributed by atoms with Crippen molar-refractivity contribution >= 4 is 49.9 Å². The van der Waals surface area contributed by atoms with Gasteiger partial charge in [0.15, 0.2) is 6.54 Å². The van der Waals surface area contributed by atoms with Gasteiger partial charge in [0.1, 0.15) is 5.69 Å². The lowest BCUT2D eigenvalue weighted by molar-refractivity contribution is -0.655. The van der Waals surface area contributed by atoms with Crippen LogP contribution in [0.2, 0.25) is 0 Å². The van der Waals surface area contributed by atoms with E-state index in [2.05, 4.69) is 49.7 Å². The second kappa shape index (κ2) is 5.67. The number of anilines is 1. The number of hydrogen-bond acceptors (Lipinski definition) is 4. The van der Waals surface area contributed by atoms with Crippen molar-refractivity contribution in [3.8, 4) is 0 Å². The summed E-state index contributed by atoms with van der Waals surface area (Å²) < 4.78 is 3.25. The molecule has 1 N–H and O–H groups in total. The van der Waals surface area contributed by atoms with E-state index in [-0.39, 0.29) is 0 Å². The van der Waals surface area contributed by atoms with E-state index >= 15 is 0 Å². The fourth-order valence-electron chi connectivity index (χ4n) is 3.04. The number of hydrogen-bond donors (Lipinski definition) is 1. The van der Waals surface area contributed by atoms with Gasteiger partial charge in [-0.05, 0) is 53.9 Å². The van der Waals surface area contributed by atoms with E-state index in [9.17, 15) is 5.11 Å². The molecule has 3 heterocycles. The van der Waals surface area contributed by atoms with Crippen molar-refractivity contribution in [3.63, 3.8) is 0 Å². The highest BCUT2D eigenvalue weighted by atomic mass is 79.9. The van der Waals surface area contributed by atoms with Gasteiger partial charge in [-0.3, -0.25) is 0 Å². The Kier molecular flexibility index (Phi) is 3.80. The van der Waals surface area contributed by atoms with Crippen LogP contribution in [0.25, 0.3) is 0 Å². The van der Waals surface area contributed by atoms with Crippen LogP contribution >= 0.6 is 39.0 Å². The highest BCUT2D eigenvalue weighted by Crippen LogP contribution is 2.39. The van der Waals surface area contributed by atoms with Crippen LogP contribution in [-0.2, 0) is 5.72 Å². The maximum atomic E-state index is 11.4. The lowest BCUT2D eigenvalue weighted by Gasteiger charge is -2.22. The maximum absolute atomic E-state index is 11.4. The van der Waals surface area contributed by atoms with Crippen molar-refractivity contribution in [2.45, 2.75) is 12.1 Å². The van der Waals surface area contributed by atoms with E-state index in [0.29, 0.717) is 6.54 Å². The summed E-state index contributed by atoms with van der Waals surface area (Å²) in [6.07, 6.45) is 1.11. The van der Waals surface area contributed by atoms with Crippen molar-refractivity contribution in [3.05, 3.63) is 51.1 Å². The molecule has 22 heavy (non-hydrogen) atoms. The largest absolute Gasteiger partial charge is 0.346 e. The lowest BCUT2D eigenvalue weighted by atomic mass is 10.1. The summed E-state index contributed by atoms with van der Waals surface area (Å²) in [4.78, 5) is 3.27. The molecule has 0 amide bonds. The number of aliphatic hydroxyl groups is 1. The Morgan fingerprint density at radius 2 is 2.05 bits per heavy atom. The van der Waals surface area contributed by atoms with Crippen LogP contribution in [0.3, 0.4) is 0 Å². The van der Waals surface area contributed by atoms with Gasteiger partial charge in [0.25, 0.3) is 5.72 Å². The second-order valence-corrected chi connectivity index (χ2v) is 8.42. The molecule has 0 radical (unpaired) electrons. The van der Waals surface area contributed by atoms with Crippen molar-refractivity contribution in [1.82, 2.24) is 0 Å². The molecule has 0 spiro atoms. The zero-order valence-electron chi connectivity index (χ0n) is 11.9. The molecule has 1 aromatic carbocycles. The van der Waals surface area contributed by atoms with Crippen LogP contribution in [0.1, 0.15) is 11.3 Å². The molecule has 0 unspecified atom stereocenters. The Morgan fingerprint density at radius 3 is 2.77 bits per heavy atom. The van der Waals surface area contributed by atoms with Crippen LogP contribution in [0.4, 0.5) is 5.69 Å². The van der Waals surface area contributed by atoms with Gasteiger partial charge in [-0.15, -0.1) is 11.3 Å². The Hall–Kier alpha value is -0.820. The molecule has 4 rings (SSSR count). The number of rotatable bonds is 2. The third-order valence-corrected chi connectivity index (χ3v) is 6.83. The molecule has 3 nitrogen and oxygen atoms in total. The monoisotopic (exact) mass is 395 g/mol. The smallest absolute Gasteiger partial charge is 0.316 e. The molecule has 1 atom stereocenters. The molecule has 2 aromatic rings. The number of benzene rings is 1. The summed E-state index contributed by atoms with van der Waals surface area (Å²) >= 11 is 6.96. The van der Waals surface area contributed by atoms with Gasteiger partial charge in [0.05, 0.1) is 11.4 Å². The van der Waals surface area contributed by atoms with Gasteiger partial charge in [-0.25, -0.2) is 9.48 Å². The predicted octanol–water partition coefficient (Wildman–Crippen LogP) is 3.68. The Bertz CT molecular complexity index is 714. The Labute approximate surface area is 146 Å². The van der Waals surface area contributed by atoms with Gasteiger partial charge in [-0.2, -0.15) is 0 Å². The highest BCUT2D eigenvalue weighted by Gasteiger charge is 2.53. The maximum Gasteiger partial charge on any atom is 0.316 e. The van der Waals surface area contributed by atoms with E-state index in [0.717, 1.165) is 33.8 Å². The molecular formula is C16H16BrN2OS2+. The molecule has 6 heteroatoms. The highest BCUT2D eigenvalue weighted by molar-refractivity contribution is 9.10. The quantitative estimate of drug-likeness (QED) is 0.785. The van der Waals surface area contributed by atoms with E-state index in [4.69, 9.17) is 0 Å². The van der Waals surface area contributed by atoms with Gasteiger partial charge in [0.2, 0.25) is 0 Å². The zero-order chi connectivity index (χ0) is 15.2. The minimum Gasteiger partial charge on any atom is -0.346 e. The number of nitrogens with zero attached hydrogens (tertiary/aromatic N) is 2. The van der Waals surface area contributed by atoms with E-state index < -0.39 is 5.72 Å². The van der Waals surface area contributed by atoms with Gasteiger partial charge < -0.3 is 5.11 Å². The van der Waals surface area contributed by atoms with E-state index in [1.54, 1.807) is 11.3 Å². The molecule has 114 valence electrons. The summed E-state index contributed by atoms with van der Waals surface area (Å²) in [6, 6.07) is 12.4. The first-order chi connectivity index (χ1) is 10.7. The third kappa shape index (κ3) is 2.33. The first-order valence-corrected chi connectivity index (χ1v) is 9.91. The van der Waals surface area contributed by atoms with E-state index in [1.807, 2.05) is 29.3 Å². The van der Waals surface area contributed by atoms with Gasteiger partial charge in [0, 0.05) is 10.2 Å². The van der Waals surface area contributed by atoms with Gasteiger partial charge in [-0.1, -0.05) is 22.0 Å². The Morgan fingerprint density at radius 1 is 1.23 bits per heavy atom. The van der Waals surface area contributed by atoms with Crippen molar-refractivity contribution in [2.75, 3.05) is 23.7 Å². The first-order valence-electron chi connectivity index (χ1n) is 7.25. The molecular weight excluding hydrogens is 380 g/mol. The fourth-order valence-corrected chi connectivity index (χ4v) is 5.31. The SMILES string of the molecule is O[C@@]1(c2cccs2)CN(c2ccc(Br)cc2)C2=[N+]1CCCS2. The zero-order valence-corrected chi connectivity index (χ0v) is 15.1. The number of halogens is 1. The summed E-state index contributed by atoms with van der Waals surface area (Å²) in [6.45, 7) is 1.49. The number of thioether (sulfide) groups is 1. The summed E-state index contributed by atoms with van der Waals surface area (Å²) in [5, 5.41) is 14.6. The average Bonchev–Trinajstić information content (AvgIpc) is 3.17. The van der Waals surface area contributed by atoms with Crippen LogP contribution in [0.15, 0.2) is 46.3 Å². The van der Waals surface area contributed by atoms with Crippen LogP contribution in [0, 0.1) is 0 Å². The topological polar surface area (TPSA) is 26.5 Å². The Balaban J connectivity index is 1.79. The number of amidine groups is 1. The van der Waals surface area contributed by atoms with Crippen molar-refractivity contribution < 1.29 is 9.68 Å². The fraction of sp³-hybridized carbons (Fsp3) is 0.312. The third-order valence-electron chi connectivity index (χ3n) is 4.10. The molecule has 2 aliphatic rings. The molecule has 0 saturated heterocycles. The predicted molar refractivity (Wildman–Crippen MR) is 96.9 cm³/mol. The van der Waals surface area contributed by atoms with Crippen LogP contribution in [0.5, 0.6) is 0 Å². The normalized spacial score (nSPS) is 24.7. The van der Waals surface area contributed by atoms with E-state index in [1.165, 1.54) is 5.17 Å². The van der Waals surface area contributed by atoms with Crippen molar-refractivity contribution in [2.24, 2.45) is 0 Å². The van der Waals surface area contributed by atoms with Gasteiger partial charge >= 0.3 is 5.17 Å². The molecule has 1 aromatic heterocycles. The molecule has 0 bridgehead atoms. The number of thiophene rings is 1. The summed E-state index contributed by atoms with van der Waals surface area (Å²) in [7, 11) is 0. The average molecular weight is 396 g/mol. The molecule has 0 saturated carbocycles. The molecule has 0 fully saturated rings. The first kappa shape index (κ1) is 14.8. The minimum atomic E-state index is -0.913. The molecule has 2 aliphatic heterocycles. The van der Waals surface area contributed by atoms with Crippen LogP contribution in [-0.4, -0.2) is 33.7 Å². The second-order valence-electron chi connectivity index (χ2n) is 5.49. The van der Waals surface area contributed by atoms with Crippen LogP contribution < -0.4 is 4.90 Å².